The first-order valence-corrected chi connectivity index (χ1v) is 8.67. The van der Waals surface area contributed by atoms with E-state index in [2.05, 4.69) is 21.8 Å². The smallest absolute Gasteiger partial charge is 0.475 e. The van der Waals surface area contributed by atoms with Gasteiger partial charge in [-0.1, -0.05) is 24.8 Å². The summed E-state index contributed by atoms with van der Waals surface area (Å²) in [4.78, 5) is 0. The highest BCUT2D eigenvalue weighted by atomic mass is 19.4. The van der Waals surface area contributed by atoms with Gasteiger partial charge in [0.1, 0.15) is 5.75 Å². The second-order valence-electron chi connectivity index (χ2n) is 6.64. The molecule has 8 heteroatoms. The Balaban J connectivity index is 1.53. The monoisotopic (exact) mass is 390 g/mol. The van der Waals surface area contributed by atoms with Gasteiger partial charge in [-0.05, 0) is 47.0 Å². The number of benzene rings is 2. The predicted molar refractivity (Wildman–Crippen MR) is 96.9 cm³/mol. The number of hydrogen-bond donors (Lipinski definition) is 1. The first-order chi connectivity index (χ1) is 13.4. The van der Waals surface area contributed by atoms with Crippen LogP contribution in [0.1, 0.15) is 6.42 Å². The number of alkyl halides is 3. The second-order valence-corrected chi connectivity index (χ2v) is 6.64. The lowest BCUT2D eigenvalue weighted by Gasteiger charge is -2.10. The van der Waals surface area contributed by atoms with Crippen LogP contribution in [-0.2, 0) is 0 Å². The van der Waals surface area contributed by atoms with Gasteiger partial charge in [0.15, 0.2) is 5.58 Å². The largest absolute Gasteiger partial charge is 0.573 e. The molecule has 1 aliphatic rings. The van der Waals surface area contributed by atoms with Crippen molar-refractivity contribution >= 4 is 11.0 Å². The maximum atomic E-state index is 12.3. The summed E-state index contributed by atoms with van der Waals surface area (Å²) in [5, 5.41) is 7.87. The quantitative estimate of drug-likeness (QED) is 0.672. The first kappa shape index (κ1) is 18.2. The number of rotatable bonds is 5. The van der Waals surface area contributed by atoms with Gasteiger partial charge in [-0.25, -0.2) is 0 Å². The van der Waals surface area contributed by atoms with E-state index in [0.29, 0.717) is 29.4 Å². The Morgan fingerprint density at radius 3 is 2.57 bits per heavy atom. The number of fused-ring (bicyclic) bond motifs is 1. The van der Waals surface area contributed by atoms with Crippen LogP contribution < -0.4 is 14.8 Å². The molecule has 1 aromatic heterocycles. The highest BCUT2D eigenvalue weighted by Gasteiger charge is 2.31. The maximum absolute atomic E-state index is 12.3. The van der Waals surface area contributed by atoms with E-state index in [1.807, 2.05) is 12.1 Å². The summed E-state index contributed by atoms with van der Waals surface area (Å²) in [6.45, 7) is 5.20. The molecule has 1 fully saturated rings. The molecule has 0 spiro atoms. The fourth-order valence-electron chi connectivity index (χ4n) is 3.15. The van der Waals surface area contributed by atoms with Gasteiger partial charge in [-0.15, -0.1) is 13.2 Å². The number of hydrogen-bond acceptors (Lipinski definition) is 5. The topological polar surface area (TPSA) is 56.5 Å². The van der Waals surface area contributed by atoms with E-state index in [9.17, 15) is 13.2 Å². The van der Waals surface area contributed by atoms with Gasteiger partial charge in [0.05, 0.1) is 12.0 Å². The molecule has 146 valence electrons. The molecule has 1 unspecified atom stereocenters. The van der Waals surface area contributed by atoms with Crippen LogP contribution in [0, 0.1) is 5.92 Å². The molecule has 1 atom stereocenters. The Kier molecular flexibility index (Phi) is 4.62. The van der Waals surface area contributed by atoms with Crippen molar-refractivity contribution in [2.45, 2.75) is 12.8 Å². The highest BCUT2D eigenvalue weighted by Crippen LogP contribution is 2.32. The molecule has 1 saturated heterocycles. The molecule has 3 aromatic rings. The second kappa shape index (κ2) is 7.10. The van der Waals surface area contributed by atoms with Crippen molar-refractivity contribution < 1.29 is 27.2 Å². The third-order valence-corrected chi connectivity index (χ3v) is 4.49. The average molecular weight is 390 g/mol. The molecule has 0 saturated carbocycles. The summed E-state index contributed by atoms with van der Waals surface area (Å²) in [7, 11) is 0. The van der Waals surface area contributed by atoms with Crippen LogP contribution in [0.5, 0.6) is 11.6 Å². The number of aromatic nitrogens is 1. The summed E-state index contributed by atoms with van der Waals surface area (Å²) < 4.78 is 51.9. The Morgan fingerprint density at radius 1 is 1.14 bits per heavy atom. The Labute approximate surface area is 158 Å². The molecular formula is C20H17F3N2O3. The lowest BCUT2D eigenvalue weighted by Crippen LogP contribution is -2.16. The van der Waals surface area contributed by atoms with E-state index >= 15 is 0 Å². The molecule has 4 rings (SSSR count). The number of allylic oxidation sites excluding steroid dienone is 1. The molecule has 0 aliphatic carbocycles. The third-order valence-electron chi connectivity index (χ3n) is 4.49. The number of halogens is 3. The lowest BCUT2D eigenvalue weighted by molar-refractivity contribution is -0.274. The molecule has 0 bridgehead atoms. The SMILES string of the molecule is C=C1CC(COc2noc3ccc(-c4ccc(OC(F)(F)F)cc4)cc23)CN1. The number of nitrogens with zero attached hydrogens (tertiary/aromatic N) is 1. The van der Waals surface area contributed by atoms with E-state index in [1.165, 1.54) is 12.1 Å². The van der Waals surface area contributed by atoms with Gasteiger partial charge in [0.2, 0.25) is 0 Å². The summed E-state index contributed by atoms with van der Waals surface area (Å²) in [5.41, 5.74) is 3.11. The minimum atomic E-state index is -4.71. The van der Waals surface area contributed by atoms with Crippen LogP contribution >= 0.6 is 0 Å². The molecule has 2 heterocycles. The van der Waals surface area contributed by atoms with E-state index in [0.717, 1.165) is 29.8 Å². The molecule has 0 amide bonds. The highest BCUT2D eigenvalue weighted by molar-refractivity contribution is 5.87. The van der Waals surface area contributed by atoms with Gasteiger partial charge in [0, 0.05) is 18.2 Å². The van der Waals surface area contributed by atoms with E-state index in [-0.39, 0.29) is 5.75 Å². The van der Waals surface area contributed by atoms with Gasteiger partial charge >= 0.3 is 6.36 Å². The van der Waals surface area contributed by atoms with Gasteiger partial charge in [0.25, 0.3) is 5.88 Å². The van der Waals surface area contributed by atoms with E-state index in [1.54, 1.807) is 18.2 Å². The Hall–Kier alpha value is -3.16. The Bertz CT molecular complexity index is 996. The molecule has 1 N–H and O–H groups in total. The van der Waals surface area contributed by atoms with Crippen LogP contribution in [0.25, 0.3) is 22.1 Å². The molecule has 0 radical (unpaired) electrons. The Morgan fingerprint density at radius 2 is 1.89 bits per heavy atom. The standard InChI is InChI=1S/C20H17F3N2O3/c1-12-8-13(10-24-12)11-26-19-17-9-15(4-7-18(17)28-25-19)14-2-5-16(6-3-14)27-20(21,22)23/h2-7,9,13,24H,1,8,10-11H2. The van der Waals surface area contributed by atoms with Crippen molar-refractivity contribution in [3.8, 4) is 22.8 Å². The normalized spacial score (nSPS) is 17.0. The first-order valence-electron chi connectivity index (χ1n) is 8.67. The predicted octanol–water partition coefficient (Wildman–Crippen LogP) is 4.90. The molecule has 5 nitrogen and oxygen atoms in total. The molecule has 28 heavy (non-hydrogen) atoms. The van der Waals surface area contributed by atoms with E-state index in [4.69, 9.17) is 9.26 Å². The van der Waals surface area contributed by atoms with Crippen LogP contribution in [0.4, 0.5) is 13.2 Å². The lowest BCUT2D eigenvalue weighted by atomic mass is 10.0. The van der Waals surface area contributed by atoms with Crippen molar-refractivity contribution in [1.82, 2.24) is 10.5 Å². The van der Waals surface area contributed by atoms with Gasteiger partial charge in [-0.3, -0.25) is 0 Å². The van der Waals surface area contributed by atoms with Gasteiger partial charge < -0.3 is 19.3 Å². The molecular weight excluding hydrogens is 373 g/mol. The summed E-state index contributed by atoms with van der Waals surface area (Å²) in [6.07, 6.45) is -3.86. The third kappa shape index (κ3) is 4.05. The van der Waals surface area contributed by atoms with Crippen molar-refractivity contribution in [2.75, 3.05) is 13.2 Å². The minimum Gasteiger partial charge on any atom is -0.475 e. The zero-order valence-corrected chi connectivity index (χ0v) is 14.8. The minimum absolute atomic E-state index is 0.266. The van der Waals surface area contributed by atoms with Crippen LogP contribution in [0.15, 0.2) is 59.3 Å². The fraction of sp³-hybridized carbons (Fsp3) is 0.250. The van der Waals surface area contributed by atoms with Crippen LogP contribution in [-0.4, -0.2) is 24.7 Å². The number of ether oxygens (including phenoxy) is 2. The molecule has 2 aromatic carbocycles. The zero-order chi connectivity index (χ0) is 19.7. The van der Waals surface area contributed by atoms with Gasteiger partial charge in [-0.2, -0.15) is 0 Å². The zero-order valence-electron chi connectivity index (χ0n) is 14.8. The molecule has 1 aliphatic heterocycles. The summed E-state index contributed by atoms with van der Waals surface area (Å²) in [5.74, 6) is 0.452. The van der Waals surface area contributed by atoms with Crippen molar-refractivity contribution in [3.05, 3.63) is 54.7 Å². The van der Waals surface area contributed by atoms with Crippen LogP contribution in [0.2, 0.25) is 0 Å². The summed E-state index contributed by atoms with van der Waals surface area (Å²) in [6, 6.07) is 11.1. The fourth-order valence-corrected chi connectivity index (χ4v) is 3.15. The average Bonchev–Trinajstić information content (AvgIpc) is 3.24. The van der Waals surface area contributed by atoms with E-state index < -0.39 is 6.36 Å². The van der Waals surface area contributed by atoms with Crippen molar-refractivity contribution in [2.24, 2.45) is 5.92 Å². The van der Waals surface area contributed by atoms with Crippen LogP contribution in [0.3, 0.4) is 0 Å². The summed E-state index contributed by atoms with van der Waals surface area (Å²) >= 11 is 0. The maximum Gasteiger partial charge on any atom is 0.573 e. The number of nitrogens with one attached hydrogen (secondary N) is 1. The van der Waals surface area contributed by atoms with Crippen molar-refractivity contribution in [1.29, 1.82) is 0 Å². The van der Waals surface area contributed by atoms with Crippen molar-refractivity contribution in [3.63, 3.8) is 0 Å².